The number of hydrogen-bond acceptors (Lipinski definition) is 5. The third-order valence-corrected chi connectivity index (χ3v) is 3.46. The highest BCUT2D eigenvalue weighted by Crippen LogP contribution is 2.14. The van der Waals surface area contributed by atoms with Gasteiger partial charge in [-0.05, 0) is 24.5 Å². The summed E-state index contributed by atoms with van der Waals surface area (Å²) in [4.78, 5) is 16.9. The summed E-state index contributed by atoms with van der Waals surface area (Å²) in [7, 11) is 0. The number of ether oxygens (including phenoxy) is 1. The Labute approximate surface area is 125 Å². The minimum Gasteiger partial charge on any atom is -0.396 e. The fourth-order valence-corrected chi connectivity index (χ4v) is 2.41. The Bertz CT molecular complexity index is 461. The van der Waals surface area contributed by atoms with Gasteiger partial charge in [-0.25, -0.2) is 5.01 Å². The molecule has 1 aromatic rings. The lowest BCUT2D eigenvalue weighted by Gasteiger charge is -2.37. The molecule has 6 heteroatoms. The number of aliphatic hydroxyl groups excluding tert-OH is 1. The first-order valence-corrected chi connectivity index (χ1v) is 7.25. The van der Waals surface area contributed by atoms with E-state index in [0.29, 0.717) is 51.3 Å². The van der Waals surface area contributed by atoms with E-state index in [-0.39, 0.29) is 12.5 Å². The number of nitrogens with zero attached hydrogens (tertiary/aromatic N) is 3. The Morgan fingerprint density at radius 2 is 2.24 bits per heavy atom. The van der Waals surface area contributed by atoms with E-state index >= 15 is 0 Å². The lowest BCUT2D eigenvalue weighted by molar-refractivity contribution is -0.0692. The summed E-state index contributed by atoms with van der Waals surface area (Å²) in [5, 5.41) is 12.9. The maximum Gasteiger partial charge on any atom is 0.270 e. The van der Waals surface area contributed by atoms with E-state index in [9.17, 15) is 4.79 Å². The number of pyridine rings is 1. The molecule has 1 saturated heterocycles. The fraction of sp³-hybridized carbons (Fsp3) is 0.533. The zero-order valence-corrected chi connectivity index (χ0v) is 12.2. The van der Waals surface area contributed by atoms with Crippen molar-refractivity contribution in [2.45, 2.75) is 12.8 Å². The smallest absolute Gasteiger partial charge is 0.270 e. The molecule has 1 aromatic heterocycles. The monoisotopic (exact) mass is 292 g/mol. The highest BCUT2D eigenvalue weighted by Gasteiger charge is 2.25. The van der Waals surface area contributed by atoms with E-state index in [0.717, 1.165) is 5.56 Å². The van der Waals surface area contributed by atoms with Gasteiger partial charge in [-0.15, -0.1) is 0 Å². The molecule has 2 rings (SSSR count). The largest absolute Gasteiger partial charge is 0.396 e. The first-order valence-electron chi connectivity index (χ1n) is 7.25. The second-order valence-corrected chi connectivity index (χ2v) is 4.85. The number of carbonyl (C=O) groups is 1. The number of aliphatic hydroxyl groups is 1. The van der Waals surface area contributed by atoms with Crippen molar-refractivity contribution in [3.05, 3.63) is 36.5 Å². The third-order valence-electron chi connectivity index (χ3n) is 3.46. The van der Waals surface area contributed by atoms with E-state index in [1.165, 1.54) is 0 Å². The summed E-state index contributed by atoms with van der Waals surface area (Å²) < 4.78 is 5.34. The predicted molar refractivity (Wildman–Crippen MR) is 78.4 cm³/mol. The quantitative estimate of drug-likeness (QED) is 0.828. The van der Waals surface area contributed by atoms with Gasteiger partial charge in [0.25, 0.3) is 5.91 Å². The predicted octanol–water partition coefficient (Wildman–Crippen LogP) is 0.530. The van der Waals surface area contributed by atoms with Crippen LogP contribution >= 0.6 is 0 Å². The number of morpholine rings is 1. The minimum atomic E-state index is -0.0860. The fourth-order valence-electron chi connectivity index (χ4n) is 2.41. The average Bonchev–Trinajstić information content (AvgIpc) is 2.54. The van der Waals surface area contributed by atoms with Gasteiger partial charge in [-0.2, -0.15) is 0 Å². The number of hydrogen-bond donors (Lipinski definition) is 1. The minimum absolute atomic E-state index is 0.0111. The number of hydrazine groups is 1. The van der Waals surface area contributed by atoms with E-state index in [1.54, 1.807) is 23.5 Å². The molecule has 2 heterocycles. The molecule has 1 aliphatic heterocycles. The van der Waals surface area contributed by atoms with Crippen molar-refractivity contribution < 1.29 is 14.6 Å². The molecule has 6 nitrogen and oxygen atoms in total. The SMILES string of the molecule is [CH2]CCN(C(=O)c1cnccc1CCO)N1CCOCC1. The Morgan fingerprint density at radius 3 is 2.90 bits per heavy atom. The van der Waals surface area contributed by atoms with Crippen molar-refractivity contribution >= 4 is 5.91 Å². The summed E-state index contributed by atoms with van der Waals surface area (Å²) in [6.45, 7) is 7.06. The van der Waals surface area contributed by atoms with Gasteiger partial charge in [0.1, 0.15) is 0 Å². The van der Waals surface area contributed by atoms with Crippen LogP contribution in [0.15, 0.2) is 18.5 Å². The topological polar surface area (TPSA) is 65.9 Å². The van der Waals surface area contributed by atoms with Crippen LogP contribution in [0, 0.1) is 6.92 Å². The van der Waals surface area contributed by atoms with Crippen molar-refractivity contribution in [1.29, 1.82) is 0 Å². The standard InChI is InChI=1S/C15H22N3O3/c1-2-6-18(17-7-10-21-11-8-17)15(20)14-12-16-5-3-13(14)4-9-19/h3,5,12,19H,1-2,4,6-11H2. The normalized spacial score (nSPS) is 15.9. The van der Waals surface area contributed by atoms with Gasteiger partial charge in [0.05, 0.1) is 18.8 Å². The van der Waals surface area contributed by atoms with Crippen LogP contribution in [-0.4, -0.2) is 65.5 Å². The highest BCUT2D eigenvalue weighted by molar-refractivity contribution is 5.95. The molecule has 1 amide bonds. The van der Waals surface area contributed by atoms with Crippen molar-refractivity contribution in [2.75, 3.05) is 39.5 Å². The Balaban J connectivity index is 2.21. The number of rotatable bonds is 6. The average molecular weight is 292 g/mol. The van der Waals surface area contributed by atoms with Crippen molar-refractivity contribution in [2.24, 2.45) is 0 Å². The van der Waals surface area contributed by atoms with Crippen LogP contribution in [-0.2, 0) is 11.2 Å². The molecular formula is C15H22N3O3. The zero-order chi connectivity index (χ0) is 15.1. The van der Waals surface area contributed by atoms with Crippen LogP contribution in [0.4, 0.5) is 0 Å². The van der Waals surface area contributed by atoms with E-state index < -0.39 is 0 Å². The van der Waals surface area contributed by atoms with Crippen LogP contribution < -0.4 is 0 Å². The van der Waals surface area contributed by atoms with Gasteiger partial charge in [-0.1, -0.05) is 6.92 Å². The first-order chi connectivity index (χ1) is 10.3. The van der Waals surface area contributed by atoms with Gasteiger partial charge in [0, 0.05) is 38.6 Å². The molecule has 0 unspecified atom stereocenters. The Kier molecular flexibility index (Phi) is 6.10. The van der Waals surface area contributed by atoms with Gasteiger partial charge in [0.2, 0.25) is 0 Å². The molecule has 1 fully saturated rings. The molecule has 0 spiro atoms. The lowest BCUT2D eigenvalue weighted by atomic mass is 10.1. The molecule has 115 valence electrons. The van der Waals surface area contributed by atoms with Gasteiger partial charge in [-0.3, -0.25) is 14.8 Å². The lowest BCUT2D eigenvalue weighted by Crippen LogP contribution is -2.52. The van der Waals surface area contributed by atoms with E-state index in [4.69, 9.17) is 9.84 Å². The van der Waals surface area contributed by atoms with Gasteiger partial charge in [0.15, 0.2) is 0 Å². The van der Waals surface area contributed by atoms with Gasteiger partial charge >= 0.3 is 0 Å². The van der Waals surface area contributed by atoms with Gasteiger partial charge < -0.3 is 9.84 Å². The molecule has 0 atom stereocenters. The van der Waals surface area contributed by atoms with Crippen molar-refractivity contribution in [3.8, 4) is 0 Å². The number of amides is 1. The van der Waals surface area contributed by atoms with Crippen molar-refractivity contribution in [3.63, 3.8) is 0 Å². The molecule has 1 aliphatic rings. The molecule has 0 aliphatic carbocycles. The molecule has 0 bridgehead atoms. The van der Waals surface area contributed by atoms with E-state index in [2.05, 4.69) is 11.9 Å². The van der Waals surface area contributed by atoms with Crippen LogP contribution in [0.25, 0.3) is 0 Å². The molecule has 21 heavy (non-hydrogen) atoms. The Hall–Kier alpha value is -1.50. The molecular weight excluding hydrogens is 270 g/mol. The summed E-state index contributed by atoms with van der Waals surface area (Å²) >= 11 is 0. The summed E-state index contributed by atoms with van der Waals surface area (Å²) in [5.41, 5.74) is 1.37. The number of aromatic nitrogens is 1. The third kappa shape index (κ3) is 4.00. The summed E-state index contributed by atoms with van der Waals surface area (Å²) in [6, 6.07) is 1.78. The zero-order valence-electron chi connectivity index (χ0n) is 12.2. The van der Waals surface area contributed by atoms with Crippen LogP contribution in [0.1, 0.15) is 22.3 Å². The molecule has 0 aromatic carbocycles. The molecule has 0 saturated carbocycles. The second kappa shape index (κ2) is 8.07. The Morgan fingerprint density at radius 1 is 1.48 bits per heavy atom. The highest BCUT2D eigenvalue weighted by atomic mass is 16.5. The van der Waals surface area contributed by atoms with Crippen LogP contribution in [0.5, 0.6) is 0 Å². The van der Waals surface area contributed by atoms with Crippen LogP contribution in [0.2, 0.25) is 0 Å². The second-order valence-electron chi connectivity index (χ2n) is 4.85. The van der Waals surface area contributed by atoms with E-state index in [1.807, 2.05) is 5.01 Å². The maximum atomic E-state index is 12.8. The number of carbonyl (C=O) groups excluding carboxylic acids is 1. The van der Waals surface area contributed by atoms with Crippen LogP contribution in [0.3, 0.4) is 0 Å². The molecule has 1 radical (unpaired) electrons. The molecule has 1 N–H and O–H groups in total. The van der Waals surface area contributed by atoms with Crippen molar-refractivity contribution in [1.82, 2.24) is 15.0 Å². The maximum absolute atomic E-state index is 12.8. The summed E-state index contributed by atoms with van der Waals surface area (Å²) in [5.74, 6) is -0.0860. The summed E-state index contributed by atoms with van der Waals surface area (Å²) in [6.07, 6.45) is 4.30. The first kappa shape index (κ1) is 15.9.